The average molecular weight is 363 g/mol. The minimum absolute atomic E-state index is 0.325. The van der Waals surface area contributed by atoms with Gasteiger partial charge >= 0.3 is 0 Å². The summed E-state index contributed by atoms with van der Waals surface area (Å²) < 4.78 is 0. The molecule has 0 bridgehead atoms. The van der Waals surface area contributed by atoms with E-state index in [-0.39, 0.29) is 13.2 Å². The minimum atomic E-state index is -1.12. The summed E-state index contributed by atoms with van der Waals surface area (Å²) in [5.41, 5.74) is 0. The highest BCUT2D eigenvalue weighted by atomic mass is 32.1. The number of hydrogen-bond acceptors (Lipinski definition) is 5. The van der Waals surface area contributed by atoms with E-state index in [1.165, 1.54) is 43.4 Å². The van der Waals surface area contributed by atoms with Gasteiger partial charge in [-0.25, -0.2) is 0 Å². The molecule has 1 rings (SSSR count). The molecule has 1 aliphatic rings. The van der Waals surface area contributed by atoms with Crippen molar-refractivity contribution in [2.75, 3.05) is 19.8 Å². The molecule has 0 spiro atoms. The van der Waals surface area contributed by atoms with E-state index in [1.807, 2.05) is 0 Å². The zero-order valence-electron chi connectivity index (χ0n) is 14.7. The first-order chi connectivity index (χ1) is 11.6. The lowest BCUT2D eigenvalue weighted by Crippen LogP contribution is -2.51. The van der Waals surface area contributed by atoms with Crippen molar-refractivity contribution < 1.29 is 20.4 Å². The maximum absolute atomic E-state index is 9.96. The summed E-state index contributed by atoms with van der Waals surface area (Å²) in [5.74, 6) is 0. The highest BCUT2D eigenvalue weighted by molar-refractivity contribution is 7.80. The third-order valence-corrected chi connectivity index (χ3v) is 5.12. The Hall–Kier alpha value is -0.470. The van der Waals surface area contributed by atoms with Crippen LogP contribution in [0.5, 0.6) is 0 Å². The lowest BCUT2D eigenvalue weighted by molar-refractivity contribution is 0.0130. The monoisotopic (exact) mass is 362 g/mol. The highest BCUT2D eigenvalue weighted by Gasteiger charge is 2.47. The Balaban J connectivity index is 2.26. The highest BCUT2D eigenvalue weighted by Crippen LogP contribution is 2.25. The number of aliphatic hydroxyl groups excluding tert-OH is 4. The Morgan fingerprint density at radius 2 is 1.33 bits per heavy atom. The molecule has 1 fully saturated rings. The summed E-state index contributed by atoms with van der Waals surface area (Å²) in [6.45, 7) is 2.28. The molecule has 6 nitrogen and oxygen atoms in total. The van der Waals surface area contributed by atoms with Gasteiger partial charge in [-0.05, 0) is 18.6 Å². The Labute approximate surface area is 150 Å². The molecule has 142 valence electrons. The molecular formula is C17H34N2O4S. The number of unbranched alkanes of at least 4 members (excludes halogenated alkanes) is 7. The second kappa shape index (κ2) is 12.0. The predicted molar refractivity (Wildman–Crippen MR) is 98.8 cm³/mol. The van der Waals surface area contributed by atoms with Crippen LogP contribution in [-0.4, -0.2) is 74.5 Å². The van der Waals surface area contributed by atoms with Crippen molar-refractivity contribution in [2.24, 2.45) is 0 Å². The summed E-state index contributed by atoms with van der Waals surface area (Å²) in [5, 5.41) is 42.3. The molecule has 0 aromatic rings. The van der Waals surface area contributed by atoms with Crippen LogP contribution in [0.1, 0.15) is 58.3 Å². The van der Waals surface area contributed by atoms with Crippen molar-refractivity contribution in [2.45, 2.75) is 82.6 Å². The Kier molecular flexibility index (Phi) is 10.8. The maximum Gasteiger partial charge on any atom is 0.169 e. The van der Waals surface area contributed by atoms with Crippen LogP contribution < -0.4 is 5.32 Å². The van der Waals surface area contributed by atoms with E-state index in [9.17, 15) is 20.4 Å². The van der Waals surface area contributed by atoms with Gasteiger partial charge in [0.05, 0.1) is 25.3 Å². The zero-order chi connectivity index (χ0) is 17.9. The van der Waals surface area contributed by atoms with E-state index in [4.69, 9.17) is 12.2 Å². The molecule has 0 aromatic carbocycles. The largest absolute Gasteiger partial charge is 0.394 e. The fourth-order valence-corrected chi connectivity index (χ4v) is 3.64. The summed E-state index contributed by atoms with van der Waals surface area (Å²) in [6.07, 6.45) is 7.62. The van der Waals surface area contributed by atoms with Gasteiger partial charge in [0, 0.05) is 6.54 Å². The quantitative estimate of drug-likeness (QED) is 0.273. The van der Waals surface area contributed by atoms with Crippen LogP contribution in [-0.2, 0) is 0 Å². The second-order valence-electron chi connectivity index (χ2n) is 6.60. The van der Waals surface area contributed by atoms with E-state index in [2.05, 4.69) is 12.2 Å². The molecule has 1 aliphatic heterocycles. The number of nitrogens with zero attached hydrogens (tertiary/aromatic N) is 1. The van der Waals surface area contributed by atoms with Crippen molar-refractivity contribution in [1.82, 2.24) is 10.2 Å². The number of hydrogen-bond donors (Lipinski definition) is 5. The van der Waals surface area contributed by atoms with E-state index in [1.54, 1.807) is 0 Å². The summed E-state index contributed by atoms with van der Waals surface area (Å²) in [6, 6.07) is -1.37. The molecule has 0 radical (unpaired) electrons. The third-order valence-electron chi connectivity index (χ3n) is 4.77. The van der Waals surface area contributed by atoms with Crippen molar-refractivity contribution >= 4 is 17.3 Å². The first kappa shape index (κ1) is 21.6. The van der Waals surface area contributed by atoms with Gasteiger partial charge in [-0.2, -0.15) is 0 Å². The second-order valence-corrected chi connectivity index (χ2v) is 6.98. The molecule has 1 saturated heterocycles. The van der Waals surface area contributed by atoms with E-state index < -0.39 is 24.3 Å². The van der Waals surface area contributed by atoms with Crippen LogP contribution in [0.3, 0.4) is 0 Å². The molecule has 0 aliphatic carbocycles. The fourth-order valence-electron chi connectivity index (χ4n) is 3.27. The van der Waals surface area contributed by atoms with Crippen molar-refractivity contribution in [1.29, 1.82) is 0 Å². The summed E-state index contributed by atoms with van der Waals surface area (Å²) >= 11 is 5.33. The molecule has 0 unspecified atom stereocenters. The first-order valence-corrected chi connectivity index (χ1v) is 9.63. The molecule has 24 heavy (non-hydrogen) atoms. The van der Waals surface area contributed by atoms with Crippen molar-refractivity contribution in [3.05, 3.63) is 0 Å². The average Bonchev–Trinajstić information content (AvgIpc) is 2.83. The molecule has 7 heteroatoms. The Morgan fingerprint density at radius 3 is 1.79 bits per heavy atom. The normalized spacial score (nSPS) is 26.8. The number of nitrogens with one attached hydrogen (secondary N) is 1. The van der Waals surface area contributed by atoms with Gasteiger partial charge in [0.25, 0.3) is 0 Å². The lowest BCUT2D eigenvalue weighted by atomic mass is 10.1. The van der Waals surface area contributed by atoms with Gasteiger partial charge in [-0.3, -0.25) is 0 Å². The van der Waals surface area contributed by atoms with Gasteiger partial charge in [0.15, 0.2) is 5.11 Å². The molecular weight excluding hydrogens is 328 g/mol. The van der Waals surface area contributed by atoms with E-state index >= 15 is 0 Å². The number of thiocarbonyl (C=S) groups is 1. The minimum Gasteiger partial charge on any atom is -0.394 e. The van der Waals surface area contributed by atoms with E-state index in [0.717, 1.165) is 12.8 Å². The third kappa shape index (κ3) is 6.11. The standard InChI is InChI=1S/C17H34N2O4S/c1-2-3-4-5-6-7-8-9-10-18-17(24)19-13(11-20)15(22)16(23)14(19)12-21/h13-16,20-23H,2-12H2,1H3,(H,18,24)/t13-,14-,15-,16-/m1/s1. The molecule has 4 atom stereocenters. The number of aliphatic hydroxyl groups is 4. The number of rotatable bonds is 11. The SMILES string of the molecule is CCCCCCCCCCNC(=S)N1[C@H](CO)[C@@H](O)[C@H](O)[C@H]1CO. The van der Waals surface area contributed by atoms with Crippen molar-refractivity contribution in [3.8, 4) is 0 Å². The number of likely N-dealkylation sites (tertiary alicyclic amines) is 1. The van der Waals surface area contributed by atoms with Crippen LogP contribution in [0.25, 0.3) is 0 Å². The zero-order valence-corrected chi connectivity index (χ0v) is 15.5. The maximum atomic E-state index is 9.96. The van der Waals surface area contributed by atoms with Gasteiger partial charge in [-0.1, -0.05) is 51.9 Å². The lowest BCUT2D eigenvalue weighted by Gasteiger charge is -2.31. The summed E-state index contributed by atoms with van der Waals surface area (Å²) in [4.78, 5) is 1.54. The fraction of sp³-hybridized carbons (Fsp3) is 0.941. The molecule has 0 amide bonds. The first-order valence-electron chi connectivity index (χ1n) is 9.22. The van der Waals surface area contributed by atoms with Crippen molar-refractivity contribution in [3.63, 3.8) is 0 Å². The van der Waals surface area contributed by atoms with E-state index in [0.29, 0.717) is 11.7 Å². The predicted octanol–water partition coefficient (Wildman–Crippen LogP) is 0.761. The van der Waals surface area contributed by atoms with Crippen LogP contribution in [0, 0.1) is 0 Å². The van der Waals surface area contributed by atoms with Gasteiger partial charge in [0.1, 0.15) is 12.2 Å². The molecule has 1 heterocycles. The Morgan fingerprint density at radius 1 is 0.875 bits per heavy atom. The summed E-state index contributed by atoms with van der Waals surface area (Å²) in [7, 11) is 0. The van der Waals surface area contributed by atoms with Crippen LogP contribution in [0.15, 0.2) is 0 Å². The van der Waals surface area contributed by atoms with Crippen LogP contribution in [0.2, 0.25) is 0 Å². The topological polar surface area (TPSA) is 96.2 Å². The molecule has 0 saturated carbocycles. The van der Waals surface area contributed by atoms with Gasteiger partial charge in [0.2, 0.25) is 0 Å². The van der Waals surface area contributed by atoms with Gasteiger partial charge < -0.3 is 30.6 Å². The van der Waals surface area contributed by atoms with Crippen LogP contribution in [0.4, 0.5) is 0 Å². The molecule has 5 N–H and O–H groups in total. The smallest absolute Gasteiger partial charge is 0.169 e. The van der Waals surface area contributed by atoms with Crippen LogP contribution >= 0.6 is 12.2 Å². The Bertz CT molecular complexity index is 343. The van der Waals surface area contributed by atoms with Gasteiger partial charge in [-0.15, -0.1) is 0 Å². The molecule has 0 aromatic heterocycles.